The molecule has 0 aromatic heterocycles. The fraction of sp³-hybridized carbons (Fsp3) is 0.250. The molecule has 106 valence electrons. The minimum Gasteiger partial charge on any atom is -0.494 e. The normalized spacial score (nSPS) is 12.2. The van der Waals surface area contributed by atoms with Gasteiger partial charge in [0.25, 0.3) is 0 Å². The van der Waals surface area contributed by atoms with Crippen molar-refractivity contribution in [2.45, 2.75) is 10.9 Å². The van der Waals surface area contributed by atoms with Crippen LogP contribution in [0.25, 0.3) is 0 Å². The Bertz CT molecular complexity index is 571. The van der Waals surface area contributed by atoms with Crippen LogP contribution in [0.4, 0.5) is 4.39 Å². The monoisotopic (exact) mass is 291 g/mol. The van der Waals surface area contributed by atoms with E-state index < -0.39 is 0 Å². The lowest BCUT2D eigenvalue weighted by Gasteiger charge is -2.19. The first kappa shape index (κ1) is 14.9. The SMILES string of the molecule is CNC(c1ccc(SC)cc1)c1cccc(OC)c1F. The van der Waals surface area contributed by atoms with Crippen molar-refractivity contribution in [2.75, 3.05) is 20.4 Å². The fourth-order valence-corrected chi connectivity index (χ4v) is 2.61. The fourth-order valence-electron chi connectivity index (χ4n) is 2.21. The summed E-state index contributed by atoms with van der Waals surface area (Å²) in [7, 11) is 3.30. The van der Waals surface area contributed by atoms with Gasteiger partial charge in [0.05, 0.1) is 13.2 Å². The van der Waals surface area contributed by atoms with Crippen molar-refractivity contribution in [1.29, 1.82) is 0 Å². The number of hydrogen-bond donors (Lipinski definition) is 1. The molecule has 1 atom stereocenters. The Labute approximate surface area is 123 Å². The molecule has 0 aliphatic heterocycles. The Morgan fingerprint density at radius 3 is 2.40 bits per heavy atom. The number of ether oxygens (including phenoxy) is 1. The van der Waals surface area contributed by atoms with E-state index >= 15 is 0 Å². The summed E-state index contributed by atoms with van der Waals surface area (Å²) in [5, 5.41) is 3.16. The molecule has 0 spiro atoms. The lowest BCUT2D eigenvalue weighted by atomic mass is 9.98. The van der Waals surface area contributed by atoms with Gasteiger partial charge in [-0.1, -0.05) is 24.3 Å². The van der Waals surface area contributed by atoms with Gasteiger partial charge in [0.1, 0.15) is 0 Å². The summed E-state index contributed by atoms with van der Waals surface area (Å²) < 4.78 is 19.4. The van der Waals surface area contributed by atoms with Gasteiger partial charge in [0, 0.05) is 10.5 Å². The second kappa shape index (κ2) is 6.77. The van der Waals surface area contributed by atoms with Gasteiger partial charge >= 0.3 is 0 Å². The third kappa shape index (κ3) is 2.97. The first-order valence-electron chi connectivity index (χ1n) is 6.35. The number of hydrogen-bond acceptors (Lipinski definition) is 3. The summed E-state index contributed by atoms with van der Waals surface area (Å²) in [4.78, 5) is 1.19. The van der Waals surface area contributed by atoms with Crippen molar-refractivity contribution in [3.8, 4) is 5.75 Å². The molecule has 2 aromatic rings. The summed E-state index contributed by atoms with van der Waals surface area (Å²) in [5.74, 6) is -0.0493. The summed E-state index contributed by atoms with van der Waals surface area (Å²) in [6.45, 7) is 0. The van der Waals surface area contributed by atoms with E-state index in [0.717, 1.165) is 5.56 Å². The maximum Gasteiger partial charge on any atom is 0.170 e. The van der Waals surface area contributed by atoms with Crippen LogP contribution in [0, 0.1) is 5.82 Å². The van der Waals surface area contributed by atoms with E-state index in [-0.39, 0.29) is 17.6 Å². The Balaban J connectivity index is 2.41. The standard InChI is InChI=1S/C16H18FNOS/c1-18-16(11-7-9-12(20-3)10-8-11)13-5-4-6-14(19-2)15(13)17/h4-10,16,18H,1-3H3. The number of rotatable bonds is 5. The Hall–Kier alpha value is -1.52. The van der Waals surface area contributed by atoms with Crippen LogP contribution in [0.15, 0.2) is 47.4 Å². The number of methoxy groups -OCH3 is 1. The third-order valence-corrected chi connectivity index (χ3v) is 4.01. The van der Waals surface area contributed by atoms with Crippen LogP contribution >= 0.6 is 11.8 Å². The molecule has 0 amide bonds. The molecule has 2 nitrogen and oxygen atoms in total. The van der Waals surface area contributed by atoms with E-state index in [9.17, 15) is 4.39 Å². The smallest absolute Gasteiger partial charge is 0.170 e. The number of thioether (sulfide) groups is 1. The third-order valence-electron chi connectivity index (χ3n) is 3.26. The molecular formula is C16H18FNOS. The van der Waals surface area contributed by atoms with Crippen molar-refractivity contribution in [2.24, 2.45) is 0 Å². The molecule has 1 N–H and O–H groups in total. The van der Waals surface area contributed by atoms with Crippen LogP contribution in [-0.2, 0) is 0 Å². The number of nitrogens with one attached hydrogen (secondary N) is 1. The predicted molar refractivity (Wildman–Crippen MR) is 82.1 cm³/mol. The van der Waals surface area contributed by atoms with Gasteiger partial charge in [0.15, 0.2) is 11.6 Å². The average Bonchev–Trinajstić information content (AvgIpc) is 2.50. The molecule has 4 heteroatoms. The Morgan fingerprint density at radius 2 is 1.85 bits per heavy atom. The molecule has 1 unspecified atom stereocenters. The molecule has 0 radical (unpaired) electrons. The second-order valence-corrected chi connectivity index (χ2v) is 5.24. The minimum absolute atomic E-state index is 0.194. The molecule has 2 aromatic carbocycles. The molecule has 0 saturated heterocycles. The lowest BCUT2D eigenvalue weighted by molar-refractivity contribution is 0.382. The molecule has 2 rings (SSSR count). The van der Waals surface area contributed by atoms with Crippen molar-refractivity contribution < 1.29 is 9.13 Å². The van der Waals surface area contributed by atoms with Crippen LogP contribution in [0.1, 0.15) is 17.2 Å². The average molecular weight is 291 g/mol. The predicted octanol–water partition coefficient (Wildman–Crippen LogP) is 3.87. The number of halogens is 1. The Morgan fingerprint density at radius 1 is 1.15 bits per heavy atom. The van der Waals surface area contributed by atoms with Gasteiger partial charge in [-0.25, -0.2) is 4.39 Å². The minimum atomic E-state index is -0.316. The molecule has 0 heterocycles. The van der Waals surface area contributed by atoms with E-state index in [1.807, 2.05) is 37.6 Å². The van der Waals surface area contributed by atoms with E-state index in [1.165, 1.54) is 12.0 Å². The van der Waals surface area contributed by atoms with Gasteiger partial charge in [-0.15, -0.1) is 11.8 Å². The molecule has 20 heavy (non-hydrogen) atoms. The quantitative estimate of drug-likeness (QED) is 0.845. The van der Waals surface area contributed by atoms with Gasteiger partial charge in [-0.05, 0) is 37.1 Å². The highest BCUT2D eigenvalue weighted by Crippen LogP contribution is 2.29. The van der Waals surface area contributed by atoms with Crippen molar-refractivity contribution in [3.05, 3.63) is 59.4 Å². The van der Waals surface area contributed by atoms with Gasteiger partial charge < -0.3 is 10.1 Å². The van der Waals surface area contributed by atoms with Crippen LogP contribution < -0.4 is 10.1 Å². The molecule has 0 aliphatic carbocycles. The molecule has 0 saturated carbocycles. The maximum atomic E-state index is 14.4. The molecular weight excluding hydrogens is 273 g/mol. The first-order chi connectivity index (χ1) is 9.71. The van der Waals surface area contributed by atoms with Crippen molar-refractivity contribution in [1.82, 2.24) is 5.32 Å². The highest BCUT2D eigenvalue weighted by atomic mass is 32.2. The van der Waals surface area contributed by atoms with Crippen LogP contribution in [0.5, 0.6) is 5.75 Å². The van der Waals surface area contributed by atoms with Crippen molar-refractivity contribution in [3.63, 3.8) is 0 Å². The highest BCUT2D eigenvalue weighted by molar-refractivity contribution is 7.98. The molecule has 0 fully saturated rings. The van der Waals surface area contributed by atoms with Crippen LogP contribution in [0.2, 0.25) is 0 Å². The first-order valence-corrected chi connectivity index (χ1v) is 7.57. The largest absolute Gasteiger partial charge is 0.494 e. The zero-order valence-electron chi connectivity index (χ0n) is 11.8. The second-order valence-electron chi connectivity index (χ2n) is 4.36. The van der Waals surface area contributed by atoms with E-state index in [0.29, 0.717) is 5.56 Å². The Kier molecular flexibility index (Phi) is 5.04. The summed E-state index contributed by atoms with van der Waals surface area (Å²) in [6, 6.07) is 13.1. The van der Waals surface area contributed by atoms with Crippen LogP contribution in [0.3, 0.4) is 0 Å². The van der Waals surface area contributed by atoms with Gasteiger partial charge in [0.2, 0.25) is 0 Å². The van der Waals surface area contributed by atoms with E-state index in [4.69, 9.17) is 4.74 Å². The van der Waals surface area contributed by atoms with E-state index in [2.05, 4.69) is 5.32 Å². The summed E-state index contributed by atoms with van der Waals surface area (Å²) >= 11 is 1.69. The molecule has 0 bridgehead atoms. The summed E-state index contributed by atoms with van der Waals surface area (Å²) in [6.07, 6.45) is 2.03. The maximum absolute atomic E-state index is 14.4. The number of benzene rings is 2. The lowest BCUT2D eigenvalue weighted by Crippen LogP contribution is -2.19. The van der Waals surface area contributed by atoms with Gasteiger partial charge in [-0.2, -0.15) is 0 Å². The summed E-state index contributed by atoms with van der Waals surface area (Å²) in [5.41, 5.74) is 1.61. The molecule has 0 aliphatic rings. The zero-order chi connectivity index (χ0) is 14.5. The topological polar surface area (TPSA) is 21.3 Å². The van der Waals surface area contributed by atoms with Crippen molar-refractivity contribution >= 4 is 11.8 Å². The van der Waals surface area contributed by atoms with E-state index in [1.54, 1.807) is 30.0 Å². The highest BCUT2D eigenvalue weighted by Gasteiger charge is 2.18. The van der Waals surface area contributed by atoms with Crippen LogP contribution in [-0.4, -0.2) is 20.4 Å². The van der Waals surface area contributed by atoms with Gasteiger partial charge in [-0.3, -0.25) is 0 Å². The zero-order valence-corrected chi connectivity index (χ0v) is 12.6.